The lowest BCUT2D eigenvalue weighted by Gasteiger charge is -2.55. The van der Waals surface area contributed by atoms with Crippen LogP contribution in [0.2, 0.25) is 0 Å². The smallest absolute Gasteiger partial charge is 0.102 e. The van der Waals surface area contributed by atoms with Crippen molar-refractivity contribution in [3.8, 4) is 0 Å². The molecule has 2 bridgehead atoms. The van der Waals surface area contributed by atoms with E-state index in [1.165, 1.54) is 57.3 Å². The molecule has 0 unspecified atom stereocenters. The Hall–Kier alpha value is -0.450. The molecule has 3 aliphatic rings. The van der Waals surface area contributed by atoms with Crippen molar-refractivity contribution in [2.24, 2.45) is 17.8 Å². The number of piperidine rings is 1. The van der Waals surface area contributed by atoms with E-state index in [9.17, 15) is 0 Å². The summed E-state index contributed by atoms with van der Waals surface area (Å²) in [6.07, 6.45) is 10.7. The number of hydrogen-bond donors (Lipinski definition) is 0. The van der Waals surface area contributed by atoms with E-state index in [4.69, 9.17) is 4.74 Å². The van der Waals surface area contributed by atoms with Gasteiger partial charge in [0.25, 0.3) is 0 Å². The van der Waals surface area contributed by atoms with E-state index in [2.05, 4.69) is 31.9 Å². The van der Waals surface area contributed by atoms with Gasteiger partial charge in [0.15, 0.2) is 0 Å². The van der Waals surface area contributed by atoms with E-state index in [1.807, 2.05) is 19.5 Å². The third-order valence-electron chi connectivity index (χ3n) is 5.98. The van der Waals surface area contributed by atoms with Gasteiger partial charge in [-0.3, -0.25) is 4.98 Å². The van der Waals surface area contributed by atoms with Crippen molar-refractivity contribution in [3.05, 3.63) is 28.5 Å². The Morgan fingerprint density at radius 1 is 1.23 bits per heavy atom. The fourth-order valence-corrected chi connectivity index (χ4v) is 5.25. The van der Waals surface area contributed by atoms with E-state index < -0.39 is 0 Å². The Bertz CT molecular complexity index is 532. The van der Waals surface area contributed by atoms with E-state index in [0.29, 0.717) is 11.8 Å². The maximum Gasteiger partial charge on any atom is 0.102 e. The van der Waals surface area contributed by atoms with Gasteiger partial charge >= 0.3 is 0 Å². The van der Waals surface area contributed by atoms with Crippen LogP contribution < -0.4 is 0 Å². The van der Waals surface area contributed by atoms with Gasteiger partial charge in [0, 0.05) is 61.0 Å². The van der Waals surface area contributed by atoms with Crippen molar-refractivity contribution in [2.75, 3.05) is 26.7 Å². The summed E-state index contributed by atoms with van der Waals surface area (Å²) in [5.74, 6) is 2.17. The SMILES string of the molecule is CO[C@]1(c2cncc(Br)c2)[C@@H]2CCC[C@H]1CN(CC1CC1)C2. The topological polar surface area (TPSA) is 25.4 Å². The molecule has 1 aromatic heterocycles. The summed E-state index contributed by atoms with van der Waals surface area (Å²) >= 11 is 3.59. The molecule has 2 saturated carbocycles. The summed E-state index contributed by atoms with van der Waals surface area (Å²) in [6.45, 7) is 3.68. The number of hydrogen-bond acceptors (Lipinski definition) is 3. The minimum atomic E-state index is -0.130. The lowest BCUT2D eigenvalue weighted by molar-refractivity contribution is -0.169. The van der Waals surface area contributed by atoms with Crippen LogP contribution in [0.25, 0.3) is 0 Å². The zero-order chi connectivity index (χ0) is 15.2. The van der Waals surface area contributed by atoms with Gasteiger partial charge in [0.1, 0.15) is 5.60 Å². The monoisotopic (exact) mass is 364 g/mol. The number of fused-ring (bicyclic) bond motifs is 2. The summed E-state index contributed by atoms with van der Waals surface area (Å²) in [5, 5.41) is 0. The standard InChI is InChI=1S/C18H25BrN2O/c1-22-18(16-7-17(19)9-20-8-16)14-3-2-4-15(18)12-21(11-14)10-13-5-6-13/h7-9,13-15H,2-6,10-12H2,1H3/t14-,15+,18-. The third kappa shape index (κ3) is 2.53. The van der Waals surface area contributed by atoms with Gasteiger partial charge in [-0.25, -0.2) is 0 Å². The van der Waals surface area contributed by atoms with Crippen LogP contribution in [0.1, 0.15) is 37.7 Å². The van der Waals surface area contributed by atoms with Crippen molar-refractivity contribution in [3.63, 3.8) is 0 Å². The van der Waals surface area contributed by atoms with E-state index in [1.54, 1.807) is 0 Å². The number of rotatable bonds is 4. The molecule has 0 aromatic carbocycles. The molecule has 3 atom stereocenters. The van der Waals surface area contributed by atoms with Crippen molar-refractivity contribution >= 4 is 15.9 Å². The molecule has 0 spiro atoms. The number of halogens is 1. The third-order valence-corrected chi connectivity index (χ3v) is 6.42. The van der Waals surface area contributed by atoms with Crippen molar-refractivity contribution in [1.29, 1.82) is 0 Å². The van der Waals surface area contributed by atoms with E-state index in [0.717, 1.165) is 10.4 Å². The Labute approximate surface area is 141 Å². The molecule has 1 aromatic rings. The lowest BCUT2D eigenvalue weighted by Crippen LogP contribution is -2.59. The highest BCUT2D eigenvalue weighted by Crippen LogP contribution is 2.52. The Kier molecular flexibility index (Phi) is 4.04. The molecule has 0 N–H and O–H groups in total. The lowest BCUT2D eigenvalue weighted by atomic mass is 9.62. The molecule has 120 valence electrons. The molecule has 2 aliphatic carbocycles. The fraction of sp³-hybridized carbons (Fsp3) is 0.722. The van der Waals surface area contributed by atoms with Crippen LogP contribution in [-0.2, 0) is 10.3 Å². The fourth-order valence-electron chi connectivity index (χ4n) is 4.89. The van der Waals surface area contributed by atoms with Crippen LogP contribution in [0.15, 0.2) is 22.9 Å². The molecule has 4 rings (SSSR count). The second kappa shape index (κ2) is 5.88. The van der Waals surface area contributed by atoms with Crippen molar-refractivity contribution in [1.82, 2.24) is 9.88 Å². The molecular formula is C18H25BrN2O. The second-order valence-electron chi connectivity index (χ2n) is 7.38. The normalized spacial score (nSPS) is 35.5. The largest absolute Gasteiger partial charge is 0.373 e. The van der Waals surface area contributed by atoms with Crippen molar-refractivity contribution in [2.45, 2.75) is 37.7 Å². The number of aromatic nitrogens is 1. The zero-order valence-corrected chi connectivity index (χ0v) is 14.9. The van der Waals surface area contributed by atoms with Gasteiger partial charge in [0.05, 0.1) is 0 Å². The predicted molar refractivity (Wildman–Crippen MR) is 90.6 cm³/mol. The number of methoxy groups -OCH3 is 1. The number of pyridine rings is 1. The minimum absolute atomic E-state index is 0.130. The summed E-state index contributed by atoms with van der Waals surface area (Å²) < 4.78 is 7.32. The maximum atomic E-state index is 6.27. The molecule has 3 nitrogen and oxygen atoms in total. The highest BCUT2D eigenvalue weighted by molar-refractivity contribution is 9.10. The first-order chi connectivity index (χ1) is 10.7. The molecule has 1 saturated heterocycles. The Morgan fingerprint density at radius 3 is 2.55 bits per heavy atom. The van der Waals surface area contributed by atoms with E-state index >= 15 is 0 Å². The van der Waals surface area contributed by atoms with Gasteiger partial charge in [-0.05, 0) is 53.6 Å². The molecule has 3 fully saturated rings. The van der Waals surface area contributed by atoms with Gasteiger partial charge in [-0.1, -0.05) is 6.42 Å². The number of ether oxygens (including phenoxy) is 1. The first kappa shape index (κ1) is 15.1. The molecule has 4 heteroatoms. The molecule has 2 heterocycles. The van der Waals surface area contributed by atoms with Gasteiger partial charge in [-0.2, -0.15) is 0 Å². The molecule has 1 aliphatic heterocycles. The van der Waals surface area contributed by atoms with Gasteiger partial charge in [0.2, 0.25) is 0 Å². The second-order valence-corrected chi connectivity index (χ2v) is 8.29. The number of likely N-dealkylation sites (tertiary alicyclic amines) is 1. The molecular weight excluding hydrogens is 340 g/mol. The zero-order valence-electron chi connectivity index (χ0n) is 13.3. The van der Waals surface area contributed by atoms with Crippen LogP contribution in [0.3, 0.4) is 0 Å². The highest BCUT2D eigenvalue weighted by Gasteiger charge is 2.53. The average molecular weight is 365 g/mol. The van der Waals surface area contributed by atoms with Crippen LogP contribution in [-0.4, -0.2) is 36.6 Å². The van der Waals surface area contributed by atoms with E-state index in [-0.39, 0.29) is 5.60 Å². The molecule has 22 heavy (non-hydrogen) atoms. The maximum absolute atomic E-state index is 6.27. The predicted octanol–water partition coefficient (Wildman–Crippen LogP) is 3.83. The Balaban J connectivity index is 1.66. The average Bonchev–Trinajstić information content (AvgIpc) is 3.30. The first-order valence-electron chi connectivity index (χ1n) is 8.61. The van der Waals surface area contributed by atoms with Crippen molar-refractivity contribution < 1.29 is 4.74 Å². The highest BCUT2D eigenvalue weighted by atomic mass is 79.9. The molecule has 0 radical (unpaired) electrons. The summed E-state index contributed by atoms with van der Waals surface area (Å²) in [6, 6.07) is 2.22. The summed E-state index contributed by atoms with van der Waals surface area (Å²) in [4.78, 5) is 7.13. The van der Waals surface area contributed by atoms with Gasteiger partial charge in [-0.15, -0.1) is 0 Å². The first-order valence-corrected chi connectivity index (χ1v) is 9.40. The van der Waals surface area contributed by atoms with Gasteiger partial charge < -0.3 is 9.64 Å². The number of nitrogens with zero attached hydrogens (tertiary/aromatic N) is 2. The van der Waals surface area contributed by atoms with Crippen LogP contribution in [0, 0.1) is 17.8 Å². The quantitative estimate of drug-likeness (QED) is 0.811. The minimum Gasteiger partial charge on any atom is -0.373 e. The molecule has 0 amide bonds. The summed E-state index contributed by atoms with van der Waals surface area (Å²) in [7, 11) is 1.91. The summed E-state index contributed by atoms with van der Waals surface area (Å²) in [5.41, 5.74) is 1.14. The van der Waals surface area contributed by atoms with Crippen LogP contribution in [0.5, 0.6) is 0 Å². The van der Waals surface area contributed by atoms with Crippen LogP contribution in [0.4, 0.5) is 0 Å². The van der Waals surface area contributed by atoms with Crippen LogP contribution >= 0.6 is 15.9 Å². The Morgan fingerprint density at radius 2 is 1.95 bits per heavy atom.